The molecule has 0 aliphatic rings. The summed E-state index contributed by atoms with van der Waals surface area (Å²) >= 11 is 4.23. The van der Waals surface area contributed by atoms with Gasteiger partial charge in [-0.3, -0.25) is 0 Å². The number of hydrogen-bond acceptors (Lipinski definition) is 1. The Morgan fingerprint density at radius 1 is 0.588 bits per heavy atom. The number of thiol groups is 1. The Balaban J connectivity index is 2.87. The molecule has 0 bridgehead atoms. The summed E-state index contributed by atoms with van der Waals surface area (Å²) in [7, 11) is 0. The van der Waals surface area contributed by atoms with E-state index in [2.05, 4.69) is 19.2 Å². The highest BCUT2D eigenvalue weighted by Crippen LogP contribution is 2.12. The molecule has 0 saturated heterocycles. The molecule has 102 valence electrons. The zero-order chi connectivity index (χ0) is 12.6. The Labute approximate surface area is 115 Å². The van der Waals surface area contributed by atoms with Crippen LogP contribution in [0.3, 0.4) is 0 Å². The van der Waals surface area contributed by atoms with E-state index in [-0.39, 0.29) is 0 Å². The topological polar surface area (TPSA) is 0 Å². The van der Waals surface area contributed by atoms with E-state index in [1.165, 1.54) is 83.5 Å². The van der Waals surface area contributed by atoms with Gasteiger partial charge in [-0.2, -0.15) is 12.6 Å². The minimum Gasteiger partial charge on any atom is -0.179 e. The van der Waals surface area contributed by atoms with E-state index in [9.17, 15) is 0 Å². The predicted molar refractivity (Wildman–Crippen MR) is 84.1 cm³/mol. The monoisotopic (exact) mass is 256 g/mol. The highest BCUT2D eigenvalue weighted by atomic mass is 32.1. The molecule has 0 nitrogen and oxygen atoms in total. The molecule has 0 aromatic rings. The van der Waals surface area contributed by atoms with E-state index < -0.39 is 0 Å². The maximum absolute atomic E-state index is 4.23. The summed E-state index contributed by atoms with van der Waals surface area (Å²) < 4.78 is 0. The average molecular weight is 256 g/mol. The van der Waals surface area contributed by atoms with Crippen molar-refractivity contribution in [3.05, 3.63) is 12.7 Å². The molecule has 0 atom stereocenters. The normalized spacial score (nSPS) is 10.6. The zero-order valence-electron chi connectivity index (χ0n) is 11.6. The van der Waals surface area contributed by atoms with E-state index in [0.717, 1.165) is 5.75 Å². The number of unbranched alkanes of at least 4 members (excludes halogenated alkanes) is 12. The van der Waals surface area contributed by atoms with Gasteiger partial charge in [-0.15, -0.1) is 6.58 Å². The van der Waals surface area contributed by atoms with Crippen molar-refractivity contribution >= 4 is 12.6 Å². The van der Waals surface area contributed by atoms with Crippen molar-refractivity contribution in [2.75, 3.05) is 5.75 Å². The summed E-state index contributed by atoms with van der Waals surface area (Å²) in [4.78, 5) is 0. The quantitative estimate of drug-likeness (QED) is 0.214. The first-order chi connectivity index (χ1) is 8.41. The Bertz CT molecular complexity index is 142. The third-order valence-electron chi connectivity index (χ3n) is 3.32. The first-order valence-electron chi connectivity index (χ1n) is 7.63. The molecule has 0 aromatic carbocycles. The smallest absolute Gasteiger partial charge is 0.00979 e. The van der Waals surface area contributed by atoms with Crippen LogP contribution in [-0.2, 0) is 0 Å². The van der Waals surface area contributed by atoms with Crippen molar-refractivity contribution in [1.29, 1.82) is 0 Å². The first kappa shape index (κ1) is 17.1. The zero-order valence-corrected chi connectivity index (χ0v) is 12.5. The Morgan fingerprint density at radius 3 is 1.29 bits per heavy atom. The van der Waals surface area contributed by atoms with Crippen molar-refractivity contribution in [2.24, 2.45) is 0 Å². The number of rotatable bonds is 14. The molecule has 0 amide bonds. The molecule has 0 rings (SSSR count). The van der Waals surface area contributed by atoms with Crippen molar-refractivity contribution < 1.29 is 0 Å². The number of allylic oxidation sites excluding steroid dienone is 1. The summed E-state index contributed by atoms with van der Waals surface area (Å²) in [6, 6.07) is 0. The molecule has 0 N–H and O–H groups in total. The van der Waals surface area contributed by atoms with Gasteiger partial charge in [-0.05, 0) is 25.0 Å². The van der Waals surface area contributed by atoms with E-state index in [1.54, 1.807) is 0 Å². The van der Waals surface area contributed by atoms with Gasteiger partial charge in [0.15, 0.2) is 0 Å². The van der Waals surface area contributed by atoms with Crippen molar-refractivity contribution in [3.8, 4) is 0 Å². The van der Waals surface area contributed by atoms with E-state index in [1.807, 2.05) is 6.08 Å². The van der Waals surface area contributed by atoms with Gasteiger partial charge < -0.3 is 0 Å². The summed E-state index contributed by atoms with van der Waals surface area (Å²) in [5.41, 5.74) is 0. The summed E-state index contributed by atoms with van der Waals surface area (Å²) in [5, 5.41) is 0. The third-order valence-corrected chi connectivity index (χ3v) is 3.63. The molecule has 0 radical (unpaired) electrons. The van der Waals surface area contributed by atoms with Crippen LogP contribution in [0.15, 0.2) is 12.7 Å². The van der Waals surface area contributed by atoms with Crippen molar-refractivity contribution in [2.45, 2.75) is 83.5 Å². The SMILES string of the molecule is C=CCCCCCCCCCCCCCCS. The van der Waals surface area contributed by atoms with Crippen LogP contribution in [0.1, 0.15) is 83.5 Å². The second kappa shape index (κ2) is 16.1. The van der Waals surface area contributed by atoms with Crippen molar-refractivity contribution in [1.82, 2.24) is 0 Å². The lowest BCUT2D eigenvalue weighted by Crippen LogP contribution is -1.83. The van der Waals surface area contributed by atoms with Crippen molar-refractivity contribution in [3.63, 3.8) is 0 Å². The molecule has 17 heavy (non-hydrogen) atoms. The highest BCUT2D eigenvalue weighted by molar-refractivity contribution is 7.80. The minimum absolute atomic E-state index is 1.06. The lowest BCUT2D eigenvalue weighted by molar-refractivity contribution is 0.545. The fraction of sp³-hybridized carbons (Fsp3) is 0.875. The Kier molecular flexibility index (Phi) is 16.2. The summed E-state index contributed by atoms with van der Waals surface area (Å²) in [6.45, 7) is 3.75. The van der Waals surface area contributed by atoms with Gasteiger partial charge in [0, 0.05) is 0 Å². The molecule has 0 spiro atoms. The van der Waals surface area contributed by atoms with E-state index >= 15 is 0 Å². The third kappa shape index (κ3) is 16.1. The van der Waals surface area contributed by atoms with Gasteiger partial charge in [0.1, 0.15) is 0 Å². The molecule has 0 aromatic heterocycles. The van der Waals surface area contributed by atoms with Gasteiger partial charge in [-0.25, -0.2) is 0 Å². The molecule has 0 unspecified atom stereocenters. The van der Waals surface area contributed by atoms with Gasteiger partial charge >= 0.3 is 0 Å². The average Bonchev–Trinajstić information content (AvgIpc) is 2.35. The van der Waals surface area contributed by atoms with Crippen LogP contribution >= 0.6 is 12.6 Å². The molecule has 0 saturated carbocycles. The molecule has 0 heterocycles. The van der Waals surface area contributed by atoms with Crippen LogP contribution in [0.25, 0.3) is 0 Å². The summed E-state index contributed by atoms with van der Waals surface area (Å²) in [5.74, 6) is 1.06. The standard InChI is InChI=1S/C16H32S/c1-2-3-4-5-6-7-8-9-10-11-12-13-14-15-16-17/h2,17H,1,3-16H2. The molecule has 0 fully saturated rings. The van der Waals surface area contributed by atoms with Crippen LogP contribution in [0.4, 0.5) is 0 Å². The summed E-state index contributed by atoms with van der Waals surface area (Å²) in [6.07, 6.45) is 20.2. The van der Waals surface area contributed by atoms with Crippen LogP contribution in [0, 0.1) is 0 Å². The van der Waals surface area contributed by atoms with Crippen LogP contribution < -0.4 is 0 Å². The molecule has 0 aliphatic carbocycles. The van der Waals surface area contributed by atoms with Gasteiger partial charge in [0.2, 0.25) is 0 Å². The maximum Gasteiger partial charge on any atom is -0.00979 e. The Hall–Kier alpha value is 0.0900. The lowest BCUT2D eigenvalue weighted by Gasteiger charge is -2.02. The van der Waals surface area contributed by atoms with E-state index in [4.69, 9.17) is 0 Å². The molecular weight excluding hydrogens is 224 g/mol. The molecule has 0 aliphatic heterocycles. The van der Waals surface area contributed by atoms with Crippen LogP contribution in [-0.4, -0.2) is 5.75 Å². The second-order valence-electron chi connectivity index (χ2n) is 5.04. The molecule has 1 heteroatoms. The van der Waals surface area contributed by atoms with Gasteiger partial charge in [0.25, 0.3) is 0 Å². The fourth-order valence-electron chi connectivity index (χ4n) is 2.17. The van der Waals surface area contributed by atoms with Gasteiger partial charge in [0.05, 0.1) is 0 Å². The number of hydrogen-bond donors (Lipinski definition) is 1. The lowest BCUT2D eigenvalue weighted by atomic mass is 10.0. The molecular formula is C16H32S. The van der Waals surface area contributed by atoms with Gasteiger partial charge in [-0.1, -0.05) is 70.3 Å². The first-order valence-corrected chi connectivity index (χ1v) is 8.27. The fourth-order valence-corrected chi connectivity index (χ4v) is 2.39. The second-order valence-corrected chi connectivity index (χ2v) is 5.49. The van der Waals surface area contributed by atoms with Crippen LogP contribution in [0.5, 0.6) is 0 Å². The maximum atomic E-state index is 4.23. The predicted octanol–water partition coefficient (Wildman–Crippen LogP) is 6.17. The Morgan fingerprint density at radius 2 is 0.941 bits per heavy atom. The van der Waals surface area contributed by atoms with Crippen LogP contribution in [0.2, 0.25) is 0 Å². The minimum atomic E-state index is 1.06. The largest absolute Gasteiger partial charge is 0.179 e. The van der Waals surface area contributed by atoms with E-state index in [0.29, 0.717) is 0 Å². The highest BCUT2D eigenvalue weighted by Gasteiger charge is 1.93.